The van der Waals surface area contributed by atoms with E-state index in [1.807, 2.05) is 42.5 Å². The Labute approximate surface area is 195 Å². The van der Waals surface area contributed by atoms with Crippen LogP contribution in [0.5, 0.6) is 0 Å². The van der Waals surface area contributed by atoms with Crippen LogP contribution in [0.15, 0.2) is 103 Å². The highest BCUT2D eigenvalue weighted by molar-refractivity contribution is 5.86. The van der Waals surface area contributed by atoms with Gasteiger partial charge in [-0.25, -0.2) is 9.78 Å². The molecule has 1 heterocycles. The van der Waals surface area contributed by atoms with Crippen LogP contribution < -0.4 is 0 Å². The van der Waals surface area contributed by atoms with Crippen molar-refractivity contribution >= 4 is 5.97 Å². The van der Waals surface area contributed by atoms with Crippen molar-refractivity contribution in [1.82, 2.24) is 9.55 Å². The summed E-state index contributed by atoms with van der Waals surface area (Å²) >= 11 is 0. The van der Waals surface area contributed by atoms with Gasteiger partial charge >= 0.3 is 5.97 Å². The molecule has 3 aromatic carbocycles. The van der Waals surface area contributed by atoms with Crippen LogP contribution in [0.3, 0.4) is 0 Å². The first-order chi connectivity index (χ1) is 16.1. The van der Waals surface area contributed by atoms with E-state index in [-0.39, 0.29) is 6.61 Å². The largest absolute Gasteiger partial charge is 0.454 e. The third-order valence-electron chi connectivity index (χ3n) is 5.53. The van der Waals surface area contributed by atoms with Crippen LogP contribution in [-0.2, 0) is 35.5 Å². The Kier molecular flexibility index (Phi) is 7.16. The van der Waals surface area contributed by atoms with Crippen molar-refractivity contribution in [2.45, 2.75) is 32.9 Å². The van der Waals surface area contributed by atoms with E-state index in [2.05, 4.69) is 59.7 Å². The molecular weight excluding hydrogens is 408 g/mol. The summed E-state index contributed by atoms with van der Waals surface area (Å²) in [6.45, 7) is 6.11. The Morgan fingerprint density at radius 2 is 1.33 bits per heavy atom. The monoisotopic (exact) mass is 436 g/mol. The number of carbonyl (C=O) groups is 1. The maximum Gasteiger partial charge on any atom is 0.333 e. The Bertz CT molecular complexity index is 1210. The average Bonchev–Trinajstić information content (AvgIpc) is 3.15. The number of rotatable bonds is 9. The van der Waals surface area contributed by atoms with Gasteiger partial charge in [-0.1, -0.05) is 97.6 Å². The fraction of sp³-hybridized carbons (Fsp3) is 0.172. The van der Waals surface area contributed by atoms with Crippen LogP contribution in [-0.4, -0.2) is 15.5 Å². The average molecular weight is 437 g/mol. The van der Waals surface area contributed by atoms with Crippen LogP contribution in [0, 0.1) is 0 Å². The normalized spacial score (nSPS) is 10.7. The molecule has 166 valence electrons. The molecule has 0 bridgehead atoms. The van der Waals surface area contributed by atoms with E-state index in [0.29, 0.717) is 18.5 Å². The van der Waals surface area contributed by atoms with E-state index in [9.17, 15) is 4.79 Å². The molecule has 0 N–H and O–H groups in total. The Balaban J connectivity index is 1.76. The molecule has 4 rings (SSSR count). The van der Waals surface area contributed by atoms with Gasteiger partial charge in [-0.2, -0.15) is 0 Å². The summed E-state index contributed by atoms with van der Waals surface area (Å²) in [5.74, 6) is 0.337. The minimum absolute atomic E-state index is 0.106. The highest BCUT2D eigenvalue weighted by Crippen LogP contribution is 2.22. The van der Waals surface area contributed by atoms with Gasteiger partial charge in [-0.05, 0) is 23.6 Å². The summed E-state index contributed by atoms with van der Waals surface area (Å²) in [5.41, 5.74) is 6.10. The lowest BCUT2D eigenvalue weighted by Gasteiger charge is -2.14. The number of nitrogens with zero attached hydrogens (tertiary/aromatic N) is 2. The minimum atomic E-state index is -0.404. The predicted octanol–water partition coefficient (Wildman–Crippen LogP) is 5.73. The molecule has 0 unspecified atom stereocenters. The van der Waals surface area contributed by atoms with Crippen LogP contribution in [0.25, 0.3) is 0 Å². The van der Waals surface area contributed by atoms with Crippen molar-refractivity contribution in [2.75, 3.05) is 0 Å². The summed E-state index contributed by atoms with van der Waals surface area (Å²) in [7, 11) is 0. The number of aromatic nitrogens is 2. The van der Waals surface area contributed by atoms with Gasteiger partial charge in [0.1, 0.15) is 12.4 Å². The minimum Gasteiger partial charge on any atom is -0.454 e. The zero-order chi connectivity index (χ0) is 23.0. The molecule has 33 heavy (non-hydrogen) atoms. The first-order valence-electron chi connectivity index (χ1n) is 11.1. The number of benzene rings is 3. The van der Waals surface area contributed by atoms with Gasteiger partial charge in [0.15, 0.2) is 0 Å². The standard InChI is InChI=1S/C29H28N2O2/c1-22(2)29(32)33-21-28-30-26(18-23-12-6-3-7-13-23)27(19-24-14-8-4-9-15-24)31(28)20-25-16-10-5-11-17-25/h3-17H,1,18-21H2,2H3. The van der Waals surface area contributed by atoms with Crippen molar-refractivity contribution in [3.63, 3.8) is 0 Å². The smallest absolute Gasteiger partial charge is 0.333 e. The van der Waals surface area contributed by atoms with Crippen molar-refractivity contribution in [1.29, 1.82) is 0 Å². The van der Waals surface area contributed by atoms with Gasteiger partial charge in [0, 0.05) is 30.7 Å². The quantitative estimate of drug-likeness (QED) is 0.249. The van der Waals surface area contributed by atoms with Gasteiger partial charge in [-0.15, -0.1) is 0 Å². The number of hydrogen-bond acceptors (Lipinski definition) is 3. The lowest BCUT2D eigenvalue weighted by Crippen LogP contribution is -2.13. The first-order valence-corrected chi connectivity index (χ1v) is 11.1. The van der Waals surface area contributed by atoms with E-state index < -0.39 is 5.97 Å². The number of carbonyl (C=O) groups excluding carboxylic acids is 1. The molecular formula is C29H28N2O2. The molecule has 0 aliphatic rings. The van der Waals surface area contributed by atoms with E-state index >= 15 is 0 Å². The highest BCUT2D eigenvalue weighted by atomic mass is 16.5. The molecule has 0 spiro atoms. The molecule has 0 saturated carbocycles. The van der Waals surface area contributed by atoms with Gasteiger partial charge in [0.2, 0.25) is 0 Å². The van der Waals surface area contributed by atoms with Gasteiger partial charge < -0.3 is 9.30 Å². The second-order valence-electron chi connectivity index (χ2n) is 8.17. The van der Waals surface area contributed by atoms with Crippen LogP contribution in [0.1, 0.15) is 40.8 Å². The highest BCUT2D eigenvalue weighted by Gasteiger charge is 2.19. The Hall–Kier alpha value is -3.92. The molecule has 0 amide bonds. The maximum atomic E-state index is 12.1. The van der Waals surface area contributed by atoms with Crippen molar-refractivity contribution in [3.05, 3.63) is 137 Å². The predicted molar refractivity (Wildman–Crippen MR) is 131 cm³/mol. The summed E-state index contributed by atoms with van der Waals surface area (Å²) in [4.78, 5) is 17.1. The Morgan fingerprint density at radius 1 is 0.818 bits per heavy atom. The molecule has 0 saturated heterocycles. The Morgan fingerprint density at radius 3 is 1.88 bits per heavy atom. The van der Waals surface area contributed by atoms with Gasteiger partial charge in [-0.3, -0.25) is 0 Å². The third-order valence-corrected chi connectivity index (χ3v) is 5.53. The number of ether oxygens (including phenoxy) is 1. The van der Waals surface area contributed by atoms with Gasteiger partial charge in [0.25, 0.3) is 0 Å². The molecule has 4 aromatic rings. The molecule has 0 aliphatic heterocycles. The van der Waals surface area contributed by atoms with Crippen LogP contribution >= 0.6 is 0 Å². The van der Waals surface area contributed by atoms with E-state index in [1.165, 1.54) is 16.7 Å². The summed E-state index contributed by atoms with van der Waals surface area (Å²) in [5, 5.41) is 0. The zero-order valence-electron chi connectivity index (χ0n) is 18.9. The second-order valence-corrected chi connectivity index (χ2v) is 8.17. The molecule has 0 radical (unpaired) electrons. The lowest BCUT2D eigenvalue weighted by molar-refractivity contribution is -0.140. The van der Waals surface area contributed by atoms with Gasteiger partial charge in [0.05, 0.1) is 5.69 Å². The van der Waals surface area contributed by atoms with Crippen LogP contribution in [0.2, 0.25) is 0 Å². The van der Waals surface area contributed by atoms with Crippen molar-refractivity contribution in [2.24, 2.45) is 0 Å². The molecule has 0 aliphatic carbocycles. The molecule has 0 fully saturated rings. The molecule has 1 aromatic heterocycles. The fourth-order valence-electron chi connectivity index (χ4n) is 3.83. The SMILES string of the molecule is C=C(C)C(=O)OCc1nc(Cc2ccccc2)c(Cc2ccccc2)n1Cc1ccccc1. The summed E-state index contributed by atoms with van der Waals surface area (Å²) in [6, 6.07) is 31.0. The summed E-state index contributed by atoms with van der Waals surface area (Å²) < 4.78 is 7.72. The topological polar surface area (TPSA) is 44.1 Å². The fourth-order valence-corrected chi connectivity index (χ4v) is 3.83. The molecule has 0 atom stereocenters. The third kappa shape index (κ3) is 5.86. The van der Waals surface area contributed by atoms with Crippen molar-refractivity contribution in [3.8, 4) is 0 Å². The number of hydrogen-bond donors (Lipinski definition) is 0. The molecule has 4 heteroatoms. The van der Waals surface area contributed by atoms with Crippen molar-refractivity contribution < 1.29 is 9.53 Å². The number of imidazole rings is 1. The first kappa shape index (κ1) is 22.3. The van der Waals surface area contributed by atoms with E-state index in [1.54, 1.807) is 6.92 Å². The second kappa shape index (κ2) is 10.6. The van der Waals surface area contributed by atoms with Crippen LogP contribution in [0.4, 0.5) is 0 Å². The number of esters is 1. The van der Waals surface area contributed by atoms with E-state index in [4.69, 9.17) is 9.72 Å². The molecule has 4 nitrogen and oxygen atoms in total. The maximum absolute atomic E-state index is 12.1. The zero-order valence-corrected chi connectivity index (χ0v) is 18.9. The lowest BCUT2D eigenvalue weighted by atomic mass is 10.0. The summed E-state index contributed by atoms with van der Waals surface area (Å²) in [6.07, 6.45) is 1.46. The van der Waals surface area contributed by atoms with E-state index in [0.717, 1.165) is 23.6 Å².